The van der Waals surface area contributed by atoms with E-state index in [9.17, 15) is 15.3 Å². The number of pyridine rings is 1. The summed E-state index contributed by atoms with van der Waals surface area (Å²) in [6.07, 6.45) is 1.79. The van der Waals surface area contributed by atoms with E-state index >= 15 is 0 Å². The van der Waals surface area contributed by atoms with Gasteiger partial charge >= 0.3 is 0 Å². The summed E-state index contributed by atoms with van der Waals surface area (Å²) in [6, 6.07) is 3.61. The fourth-order valence-corrected chi connectivity index (χ4v) is 2.90. The third-order valence-electron chi connectivity index (χ3n) is 4.30. The predicted octanol–water partition coefficient (Wildman–Crippen LogP) is -1.14. The highest BCUT2D eigenvalue weighted by Gasteiger charge is 2.44. The van der Waals surface area contributed by atoms with Crippen molar-refractivity contribution in [2.24, 2.45) is 5.10 Å². The van der Waals surface area contributed by atoms with E-state index in [1.807, 2.05) is 6.07 Å². The van der Waals surface area contributed by atoms with Gasteiger partial charge < -0.3 is 25.8 Å². The van der Waals surface area contributed by atoms with E-state index in [1.54, 1.807) is 24.7 Å². The number of fused-ring (bicyclic) bond motifs is 1. The zero-order valence-electron chi connectivity index (χ0n) is 14.5. The lowest BCUT2D eigenvalue weighted by molar-refractivity contribution is -0.0511. The number of imidazole rings is 1. The average Bonchev–Trinajstić information content (AvgIpc) is 3.24. The van der Waals surface area contributed by atoms with Crippen molar-refractivity contribution in [3.8, 4) is 0 Å². The summed E-state index contributed by atoms with van der Waals surface area (Å²) in [7, 11) is 0. The molecule has 0 bridgehead atoms. The van der Waals surface area contributed by atoms with Crippen molar-refractivity contribution >= 4 is 29.1 Å². The number of anilines is 2. The molecule has 1 fully saturated rings. The number of hydrazone groups is 1. The van der Waals surface area contributed by atoms with E-state index in [0.717, 1.165) is 5.56 Å². The zero-order valence-corrected chi connectivity index (χ0v) is 14.5. The Balaban J connectivity index is 1.63. The summed E-state index contributed by atoms with van der Waals surface area (Å²) in [6.45, 7) is -0.436. The third-order valence-corrected chi connectivity index (χ3v) is 4.30. The molecule has 28 heavy (non-hydrogen) atoms. The number of nitrogens with one attached hydrogen (secondary N) is 1. The Kier molecular flexibility index (Phi) is 4.83. The summed E-state index contributed by atoms with van der Waals surface area (Å²) in [5.74, 6) is 0.216. The molecule has 4 atom stereocenters. The lowest BCUT2D eigenvalue weighted by Gasteiger charge is -2.16. The lowest BCUT2D eigenvalue weighted by atomic mass is 10.1. The van der Waals surface area contributed by atoms with Crippen molar-refractivity contribution in [3.63, 3.8) is 0 Å². The summed E-state index contributed by atoms with van der Waals surface area (Å²) >= 11 is 0. The third kappa shape index (κ3) is 3.25. The van der Waals surface area contributed by atoms with Gasteiger partial charge in [0.2, 0.25) is 5.95 Å². The molecule has 146 valence electrons. The molecule has 0 spiro atoms. The maximum atomic E-state index is 10.2. The zero-order chi connectivity index (χ0) is 19.7. The number of hydrogen-bond donors (Lipinski definition) is 5. The highest BCUT2D eigenvalue weighted by Crippen LogP contribution is 2.32. The van der Waals surface area contributed by atoms with Gasteiger partial charge in [-0.3, -0.25) is 9.55 Å². The fraction of sp³-hybridized carbons (Fsp3) is 0.312. The number of aliphatic hydroxyl groups excluding tert-OH is 3. The second-order valence-corrected chi connectivity index (χ2v) is 6.14. The van der Waals surface area contributed by atoms with Gasteiger partial charge in [-0.25, -0.2) is 10.4 Å². The van der Waals surface area contributed by atoms with Crippen molar-refractivity contribution in [1.29, 1.82) is 0 Å². The van der Waals surface area contributed by atoms with Crippen LogP contribution in [-0.2, 0) is 4.74 Å². The molecule has 12 heteroatoms. The minimum Gasteiger partial charge on any atom is -0.394 e. The SMILES string of the molecule is Nc1nc(N/N=C/c2cccnc2)nc2c1ncn2C1OC(CO)C(O)C1O. The molecule has 6 N–H and O–H groups in total. The molecule has 3 aromatic heterocycles. The summed E-state index contributed by atoms with van der Waals surface area (Å²) in [5.41, 5.74) is 9.99. The Morgan fingerprint density at radius 1 is 1.32 bits per heavy atom. The van der Waals surface area contributed by atoms with Crippen LogP contribution in [0.4, 0.5) is 11.8 Å². The first-order valence-corrected chi connectivity index (χ1v) is 8.40. The van der Waals surface area contributed by atoms with Crippen LogP contribution >= 0.6 is 0 Å². The van der Waals surface area contributed by atoms with Crippen LogP contribution in [0.3, 0.4) is 0 Å². The largest absolute Gasteiger partial charge is 0.394 e. The number of nitrogen functional groups attached to an aromatic ring is 1. The Morgan fingerprint density at radius 3 is 2.89 bits per heavy atom. The number of nitrogens with two attached hydrogens (primary N) is 1. The van der Waals surface area contributed by atoms with Crippen molar-refractivity contribution in [1.82, 2.24) is 24.5 Å². The van der Waals surface area contributed by atoms with Gasteiger partial charge in [0.05, 0.1) is 19.1 Å². The van der Waals surface area contributed by atoms with Gasteiger partial charge in [-0.15, -0.1) is 0 Å². The van der Waals surface area contributed by atoms with Gasteiger partial charge in [0.25, 0.3) is 0 Å². The molecule has 12 nitrogen and oxygen atoms in total. The quantitative estimate of drug-likeness (QED) is 0.266. The molecule has 4 unspecified atom stereocenters. The van der Waals surface area contributed by atoms with Crippen LogP contribution in [0.1, 0.15) is 11.8 Å². The smallest absolute Gasteiger partial charge is 0.247 e. The summed E-state index contributed by atoms with van der Waals surface area (Å²) < 4.78 is 6.94. The summed E-state index contributed by atoms with van der Waals surface area (Å²) in [5, 5.41) is 33.5. The molecule has 0 aliphatic carbocycles. The number of aliphatic hydroxyl groups is 3. The molecule has 0 aromatic carbocycles. The van der Waals surface area contributed by atoms with Gasteiger partial charge in [-0.2, -0.15) is 15.1 Å². The number of rotatable bonds is 5. The topological polar surface area (TPSA) is 177 Å². The number of ether oxygens (including phenoxy) is 1. The van der Waals surface area contributed by atoms with Gasteiger partial charge in [-0.05, 0) is 6.07 Å². The monoisotopic (exact) mass is 386 g/mol. The van der Waals surface area contributed by atoms with Crippen LogP contribution in [-0.4, -0.2) is 71.0 Å². The maximum absolute atomic E-state index is 10.2. The number of nitrogens with zero attached hydrogens (tertiary/aromatic N) is 6. The molecule has 4 rings (SSSR count). The molecule has 4 heterocycles. The maximum Gasteiger partial charge on any atom is 0.247 e. The van der Waals surface area contributed by atoms with Gasteiger partial charge in [0, 0.05) is 18.0 Å². The molecular formula is C16H18N8O4. The Labute approximate surface area is 158 Å². The van der Waals surface area contributed by atoms with E-state index in [1.165, 1.54) is 10.9 Å². The minimum atomic E-state index is -1.27. The van der Waals surface area contributed by atoms with Crippen LogP contribution < -0.4 is 11.2 Å². The van der Waals surface area contributed by atoms with Gasteiger partial charge in [0.15, 0.2) is 17.7 Å². The molecule has 1 aliphatic rings. The van der Waals surface area contributed by atoms with E-state index in [-0.39, 0.29) is 17.4 Å². The fourth-order valence-electron chi connectivity index (χ4n) is 2.90. The van der Waals surface area contributed by atoms with Crippen LogP contribution in [0.5, 0.6) is 0 Å². The van der Waals surface area contributed by atoms with Crippen molar-refractivity contribution in [2.45, 2.75) is 24.5 Å². The van der Waals surface area contributed by atoms with E-state index in [2.05, 4.69) is 30.5 Å². The number of aromatic nitrogens is 5. The molecule has 0 saturated carbocycles. The van der Waals surface area contributed by atoms with E-state index in [0.29, 0.717) is 5.52 Å². The minimum absolute atomic E-state index is 0.106. The lowest BCUT2D eigenvalue weighted by Crippen LogP contribution is -2.33. The van der Waals surface area contributed by atoms with Crippen LogP contribution in [0, 0.1) is 0 Å². The van der Waals surface area contributed by atoms with Crippen molar-refractivity contribution in [2.75, 3.05) is 17.8 Å². The van der Waals surface area contributed by atoms with Crippen molar-refractivity contribution in [3.05, 3.63) is 36.4 Å². The standard InChI is InChI=1S/C16H18N8O4/c17-13-10-14(22-16(21-13)23-20-5-8-2-1-3-18-4-8)24(7-19-10)15-12(27)11(26)9(6-25)28-15/h1-5,7,9,11-12,15,25-27H,6H2,(H3,17,21,22,23)/b20-5+. The second-order valence-electron chi connectivity index (χ2n) is 6.14. The van der Waals surface area contributed by atoms with E-state index in [4.69, 9.17) is 10.5 Å². The molecular weight excluding hydrogens is 368 g/mol. The Morgan fingerprint density at radius 2 is 2.18 bits per heavy atom. The van der Waals surface area contributed by atoms with Crippen LogP contribution in [0.25, 0.3) is 11.2 Å². The first-order chi connectivity index (χ1) is 13.6. The normalized spacial score (nSPS) is 25.0. The van der Waals surface area contributed by atoms with Gasteiger partial charge in [-0.1, -0.05) is 6.07 Å². The van der Waals surface area contributed by atoms with Crippen molar-refractivity contribution < 1.29 is 20.1 Å². The predicted molar refractivity (Wildman–Crippen MR) is 98.2 cm³/mol. The molecule has 0 amide bonds. The molecule has 1 aliphatic heterocycles. The first-order valence-electron chi connectivity index (χ1n) is 8.40. The molecule has 1 saturated heterocycles. The highest BCUT2D eigenvalue weighted by molar-refractivity contribution is 5.83. The number of hydrogen-bond acceptors (Lipinski definition) is 11. The summed E-state index contributed by atoms with van der Waals surface area (Å²) in [4.78, 5) is 16.5. The molecule has 3 aromatic rings. The average molecular weight is 386 g/mol. The second kappa shape index (κ2) is 7.44. The highest BCUT2D eigenvalue weighted by atomic mass is 16.6. The first kappa shape index (κ1) is 18.2. The molecule has 0 radical (unpaired) electrons. The van der Waals surface area contributed by atoms with Crippen LogP contribution in [0.15, 0.2) is 36.0 Å². The Bertz CT molecular complexity index is 995. The van der Waals surface area contributed by atoms with E-state index < -0.39 is 31.1 Å². The van der Waals surface area contributed by atoms with Gasteiger partial charge in [0.1, 0.15) is 23.8 Å². The Hall–Kier alpha value is -3.19. The van der Waals surface area contributed by atoms with Crippen LogP contribution in [0.2, 0.25) is 0 Å².